The summed E-state index contributed by atoms with van der Waals surface area (Å²) < 4.78 is 203. The zero-order valence-corrected chi connectivity index (χ0v) is 26.6. The maximum atomic E-state index is 14.5. The van der Waals surface area contributed by atoms with E-state index in [1.165, 1.54) is 51.4 Å². The minimum atomic E-state index is -8.43. The van der Waals surface area contributed by atoms with E-state index in [9.17, 15) is 70.7 Å². The van der Waals surface area contributed by atoms with Crippen molar-refractivity contribution < 1.29 is 70.7 Å². The molecule has 0 amide bonds. The Kier molecular flexibility index (Phi) is 12.5. The van der Waals surface area contributed by atoms with Gasteiger partial charge in [0, 0.05) is 5.56 Å². The number of benzene rings is 1. The van der Waals surface area contributed by atoms with Gasteiger partial charge in [-0.2, -0.15) is 65.9 Å². The molecule has 0 aromatic heterocycles. The maximum Gasteiger partial charge on any atom is 0.460 e. The molecule has 0 saturated heterocycles. The Morgan fingerprint density at radius 2 is 0.980 bits per heavy atom. The molecule has 3 rings (SSSR count). The van der Waals surface area contributed by atoms with Gasteiger partial charge in [0.1, 0.15) is 0 Å². The Balaban J connectivity index is 1.64. The second-order valence-electron chi connectivity index (χ2n) is 13.5. The van der Waals surface area contributed by atoms with Crippen molar-refractivity contribution in [1.82, 2.24) is 0 Å². The summed E-state index contributed by atoms with van der Waals surface area (Å²) >= 11 is 0. The third-order valence-corrected chi connectivity index (χ3v) is 10.3. The zero-order chi connectivity index (χ0) is 37.3. The fourth-order valence-electron chi connectivity index (χ4n) is 7.11. The Bertz CT molecular complexity index is 1220. The van der Waals surface area contributed by atoms with Gasteiger partial charge in [0.25, 0.3) is 0 Å². The second-order valence-corrected chi connectivity index (χ2v) is 13.5. The van der Waals surface area contributed by atoms with E-state index in [4.69, 9.17) is 0 Å². The number of hydrogen-bond donors (Lipinski definition) is 0. The molecule has 2 aliphatic carbocycles. The number of hydrogen-bond acceptors (Lipinski definition) is 1. The fourth-order valence-corrected chi connectivity index (χ4v) is 7.11. The van der Waals surface area contributed by atoms with Gasteiger partial charge in [-0.25, -0.2) is 0 Å². The van der Waals surface area contributed by atoms with Gasteiger partial charge in [-0.15, -0.1) is 0 Å². The van der Waals surface area contributed by atoms with Crippen molar-refractivity contribution in [2.24, 2.45) is 17.8 Å². The van der Waals surface area contributed by atoms with Crippen molar-refractivity contribution in [3.63, 3.8) is 0 Å². The third-order valence-electron chi connectivity index (χ3n) is 10.3. The molecule has 1 aromatic rings. The molecule has 2 aliphatic rings. The average molecular weight is 737 g/mol. The first-order valence-corrected chi connectivity index (χ1v) is 16.4. The highest BCUT2D eigenvalue weighted by Crippen LogP contribution is 2.62. The van der Waals surface area contributed by atoms with E-state index in [2.05, 4.69) is 6.92 Å². The molecule has 1 aromatic carbocycles. The van der Waals surface area contributed by atoms with Crippen LogP contribution in [0.1, 0.15) is 119 Å². The van der Waals surface area contributed by atoms with Crippen molar-refractivity contribution in [2.75, 3.05) is 0 Å². The van der Waals surface area contributed by atoms with Crippen LogP contribution in [0.25, 0.3) is 0 Å². The van der Waals surface area contributed by atoms with Crippen molar-refractivity contribution in [2.45, 2.75) is 144 Å². The maximum absolute atomic E-state index is 14.5. The quantitative estimate of drug-likeness (QED) is 0.0996. The highest BCUT2D eigenvalue weighted by Gasteiger charge is 2.94. The van der Waals surface area contributed by atoms with E-state index in [1.807, 2.05) is 0 Å². The van der Waals surface area contributed by atoms with E-state index in [1.54, 1.807) is 0 Å². The van der Waals surface area contributed by atoms with Crippen LogP contribution in [0.3, 0.4) is 0 Å². The number of alkyl halides is 15. The van der Waals surface area contributed by atoms with Gasteiger partial charge in [0.15, 0.2) is 0 Å². The molecule has 0 unspecified atom stereocenters. The van der Waals surface area contributed by atoms with Crippen LogP contribution in [0, 0.1) is 17.8 Å². The van der Waals surface area contributed by atoms with Crippen LogP contribution in [0.15, 0.2) is 24.3 Å². The van der Waals surface area contributed by atoms with Gasteiger partial charge < -0.3 is 0 Å². The molecule has 1 nitrogen and oxygen atoms in total. The van der Waals surface area contributed by atoms with Crippen molar-refractivity contribution >= 4 is 5.78 Å². The first kappa shape index (κ1) is 41.3. The molecule has 0 bridgehead atoms. The summed E-state index contributed by atoms with van der Waals surface area (Å²) in [5.74, 6) is -49.6. The smallest absolute Gasteiger partial charge is 0.287 e. The minimum Gasteiger partial charge on any atom is -0.287 e. The van der Waals surface area contributed by atoms with Crippen molar-refractivity contribution in [3.8, 4) is 0 Å². The Hall–Kier alpha value is -2.16. The van der Waals surface area contributed by atoms with Gasteiger partial charge in [-0.05, 0) is 67.8 Å². The van der Waals surface area contributed by atoms with Gasteiger partial charge in [0.2, 0.25) is 5.78 Å². The number of Topliss-reactive ketones (excluding diaryl/α,β-unsaturated/α-hetero) is 1. The third kappa shape index (κ3) is 7.72. The summed E-state index contributed by atoms with van der Waals surface area (Å²) in [4.78, 5) is 12.2. The van der Waals surface area contributed by atoms with E-state index in [-0.39, 0.29) is 5.92 Å². The summed E-state index contributed by atoms with van der Waals surface area (Å²) in [5.41, 5.74) is -0.988. The van der Waals surface area contributed by atoms with Gasteiger partial charge in [0.05, 0.1) is 0 Å². The molecule has 2 fully saturated rings. The van der Waals surface area contributed by atoms with Crippen LogP contribution >= 0.6 is 0 Å². The molecule has 0 atom stereocenters. The zero-order valence-electron chi connectivity index (χ0n) is 26.6. The normalized spacial score (nSPS) is 23.8. The van der Waals surface area contributed by atoms with Crippen LogP contribution < -0.4 is 0 Å². The molecule has 0 aliphatic heterocycles. The summed E-state index contributed by atoms with van der Waals surface area (Å²) in [7, 11) is 0. The van der Waals surface area contributed by atoms with E-state index in [0.29, 0.717) is 42.4 Å². The molecule has 0 spiro atoms. The average Bonchev–Trinajstić information content (AvgIpc) is 3.03. The topological polar surface area (TPSA) is 17.1 Å². The summed E-state index contributed by atoms with van der Waals surface area (Å²) in [6, 6.07) is 3.09. The van der Waals surface area contributed by atoms with Crippen molar-refractivity contribution in [1.29, 1.82) is 0 Å². The summed E-state index contributed by atoms with van der Waals surface area (Å²) in [5, 5.41) is 0. The van der Waals surface area contributed by atoms with Crippen molar-refractivity contribution in [3.05, 3.63) is 35.4 Å². The van der Waals surface area contributed by atoms with Gasteiger partial charge in [-0.3, -0.25) is 4.79 Å². The fraction of sp³-hybridized carbons (Fsp3) is 0.788. The SMILES string of the molecule is CCCCCCC[C@H]1CC[C@H](C2CCC(c3ccc(C(=O)C(F)(F)C(F)(F)C(F)(F)C(F)(F)C(F)(F)C(F)(F)C(F)(F)F)cc3)CC2)CC1. The minimum absolute atomic E-state index is 0.151. The molecule has 0 radical (unpaired) electrons. The van der Waals surface area contributed by atoms with Crippen LogP contribution in [0.5, 0.6) is 0 Å². The first-order chi connectivity index (χ1) is 22.4. The molecule has 49 heavy (non-hydrogen) atoms. The Morgan fingerprint density at radius 3 is 1.45 bits per heavy atom. The summed E-state index contributed by atoms with van der Waals surface area (Å²) in [6.45, 7) is 2.17. The lowest BCUT2D eigenvalue weighted by Gasteiger charge is -2.41. The highest BCUT2D eigenvalue weighted by molar-refractivity contribution is 6.02. The number of unbranched alkanes of at least 4 members (excludes halogenated alkanes) is 4. The number of halogens is 15. The van der Waals surface area contributed by atoms with Crippen LogP contribution in [0.4, 0.5) is 65.9 Å². The summed E-state index contributed by atoms with van der Waals surface area (Å²) in [6.07, 6.45) is 7.29. The lowest BCUT2D eigenvalue weighted by molar-refractivity contribution is -0.449. The molecular weight excluding hydrogens is 697 g/mol. The lowest BCUT2D eigenvalue weighted by Crippen LogP contribution is -2.73. The number of rotatable bonds is 15. The van der Waals surface area contributed by atoms with E-state index >= 15 is 0 Å². The predicted octanol–water partition coefficient (Wildman–Crippen LogP) is 12.7. The predicted molar refractivity (Wildman–Crippen MR) is 150 cm³/mol. The molecule has 16 heteroatoms. The Morgan fingerprint density at radius 1 is 0.551 bits per heavy atom. The standard InChI is InChI=1S/C33H39F15O/c1-2-3-4-5-6-7-20-8-10-21(11-9-20)22-12-14-23(15-13-22)24-16-18-25(19-17-24)26(49)27(34,35)28(36,37)29(38,39)30(40,41)31(42,43)32(44,45)33(46,47)48/h16-23H,2-15H2,1H3/t20-,21-,22?,23?. The van der Waals surface area contributed by atoms with Gasteiger partial charge in [-0.1, -0.05) is 82.6 Å². The monoisotopic (exact) mass is 736 g/mol. The molecule has 0 heterocycles. The molecule has 282 valence electrons. The number of carbonyl (C=O) groups is 1. The number of ketones is 1. The molecular formula is C33H39F15O. The largest absolute Gasteiger partial charge is 0.460 e. The Labute approximate surface area is 274 Å². The van der Waals surface area contributed by atoms with E-state index < -0.39 is 53.1 Å². The van der Waals surface area contributed by atoms with E-state index in [0.717, 1.165) is 43.7 Å². The number of carbonyl (C=O) groups excluding carboxylic acids is 1. The van der Waals surface area contributed by atoms with Crippen LogP contribution in [-0.4, -0.2) is 47.5 Å². The highest BCUT2D eigenvalue weighted by atomic mass is 19.4. The van der Waals surface area contributed by atoms with Gasteiger partial charge >= 0.3 is 41.7 Å². The lowest BCUT2D eigenvalue weighted by atomic mass is 9.68. The van der Waals surface area contributed by atoms with Crippen LogP contribution in [0.2, 0.25) is 0 Å². The molecule has 2 saturated carbocycles. The first-order valence-electron chi connectivity index (χ1n) is 16.4. The van der Waals surface area contributed by atoms with Crippen LogP contribution in [-0.2, 0) is 0 Å². The molecule has 0 N–H and O–H groups in total. The second kappa shape index (κ2) is 14.8.